The zero-order valence-electron chi connectivity index (χ0n) is 29.7. The molecule has 4 bridgehead atoms. The summed E-state index contributed by atoms with van der Waals surface area (Å²) >= 11 is 0. The Kier molecular flexibility index (Phi) is 11.3. The van der Waals surface area contributed by atoms with Crippen molar-refractivity contribution in [3.63, 3.8) is 0 Å². The number of aromatic nitrogens is 4. The molecule has 13 heteroatoms. The van der Waals surface area contributed by atoms with Gasteiger partial charge in [-0.2, -0.15) is 5.10 Å². The van der Waals surface area contributed by atoms with E-state index < -0.39 is 27.6 Å². The number of halogens is 2. The second kappa shape index (κ2) is 16.4. The highest BCUT2D eigenvalue weighted by Crippen LogP contribution is 2.38. The van der Waals surface area contributed by atoms with Gasteiger partial charge in [0.1, 0.15) is 24.4 Å². The van der Waals surface area contributed by atoms with Crippen LogP contribution in [0.5, 0.6) is 11.5 Å². The molecular weight excluding hydrogens is 715 g/mol. The summed E-state index contributed by atoms with van der Waals surface area (Å²) in [6.07, 6.45) is 4.31. The smallest absolute Gasteiger partial charge is 0.184 e. The van der Waals surface area contributed by atoms with Crippen LogP contribution < -0.4 is 4.74 Å². The molecule has 0 fully saturated rings. The molecule has 0 saturated heterocycles. The minimum atomic E-state index is -3.75. The van der Waals surface area contributed by atoms with Gasteiger partial charge in [0.15, 0.2) is 33.1 Å². The first-order chi connectivity index (χ1) is 26.2. The molecule has 0 aliphatic carbocycles. The quantitative estimate of drug-likeness (QED) is 0.167. The van der Waals surface area contributed by atoms with Crippen LogP contribution in [0.2, 0.25) is 0 Å². The second-order valence-corrected chi connectivity index (χ2v) is 15.1. The fourth-order valence-corrected chi connectivity index (χ4v) is 7.58. The number of fused-ring (bicyclic) bond motifs is 8. The number of rotatable bonds is 8. The predicted octanol–water partition coefficient (Wildman–Crippen LogP) is 7.89. The van der Waals surface area contributed by atoms with E-state index in [-0.39, 0.29) is 60.0 Å². The Bertz CT molecular complexity index is 2390. The Hall–Kier alpha value is -5.21. The van der Waals surface area contributed by atoms with Crippen LogP contribution in [-0.4, -0.2) is 51.8 Å². The Labute approximate surface area is 312 Å². The lowest BCUT2D eigenvalue weighted by Crippen LogP contribution is -2.11. The molecule has 1 N–H and O–H groups in total. The monoisotopic (exact) mass is 754 g/mol. The van der Waals surface area contributed by atoms with E-state index in [4.69, 9.17) is 19.2 Å². The number of aliphatic hydroxyl groups excluding tert-OH is 1. The van der Waals surface area contributed by atoms with E-state index in [0.717, 1.165) is 22.1 Å². The van der Waals surface area contributed by atoms with Crippen molar-refractivity contribution < 1.29 is 36.5 Å². The molecule has 1 atom stereocenters. The summed E-state index contributed by atoms with van der Waals surface area (Å²) in [5.41, 5.74) is 3.48. The molecule has 1 aliphatic rings. The molecule has 1 aliphatic heterocycles. The summed E-state index contributed by atoms with van der Waals surface area (Å²) in [7, 11) is -2.10. The highest BCUT2D eigenvalue weighted by molar-refractivity contribution is 7.94. The number of aliphatic hydroxyl groups is 1. The van der Waals surface area contributed by atoms with Gasteiger partial charge in [-0.15, -0.1) is 0 Å². The van der Waals surface area contributed by atoms with Crippen molar-refractivity contribution in [1.82, 2.24) is 19.3 Å². The minimum Gasteiger partial charge on any atom is -0.454 e. The van der Waals surface area contributed by atoms with Crippen LogP contribution in [0.3, 0.4) is 0 Å². The highest BCUT2D eigenvalue weighted by Gasteiger charge is 2.25. The number of hydrogen-bond donors (Lipinski definition) is 1. The summed E-state index contributed by atoms with van der Waals surface area (Å²) in [5.74, 6) is -1.14. The summed E-state index contributed by atoms with van der Waals surface area (Å²) < 4.78 is 79.9. The van der Waals surface area contributed by atoms with Crippen LogP contribution in [0, 0.1) is 11.6 Å². The van der Waals surface area contributed by atoms with E-state index in [0.29, 0.717) is 43.2 Å². The van der Waals surface area contributed by atoms with Gasteiger partial charge in [0, 0.05) is 48.9 Å². The van der Waals surface area contributed by atoms with E-state index in [1.165, 1.54) is 35.0 Å². The average molecular weight is 755 g/mol. The first-order valence-corrected chi connectivity index (χ1v) is 19.4. The summed E-state index contributed by atoms with van der Waals surface area (Å²) in [5, 5.41) is 15.6. The van der Waals surface area contributed by atoms with Crippen molar-refractivity contribution in [2.75, 3.05) is 19.0 Å². The third-order valence-electron chi connectivity index (χ3n) is 9.20. The molecule has 0 spiro atoms. The molecule has 1 unspecified atom stereocenters. The normalized spacial score (nSPS) is 16.6. The van der Waals surface area contributed by atoms with Gasteiger partial charge in [0.2, 0.25) is 0 Å². The molecule has 10 nitrogen and oxygen atoms in total. The van der Waals surface area contributed by atoms with Crippen molar-refractivity contribution >= 4 is 26.8 Å². The maximum Gasteiger partial charge on any atom is 0.184 e. The van der Waals surface area contributed by atoms with E-state index >= 15 is 8.78 Å². The van der Waals surface area contributed by atoms with Gasteiger partial charge >= 0.3 is 0 Å². The third-order valence-corrected chi connectivity index (χ3v) is 10.6. The van der Waals surface area contributed by atoms with E-state index in [1.54, 1.807) is 23.9 Å². The summed E-state index contributed by atoms with van der Waals surface area (Å²) in [4.78, 5) is 4.72. The maximum atomic E-state index is 16.2. The number of sulfone groups is 1. The molecule has 0 radical (unpaired) electrons. The van der Waals surface area contributed by atoms with Gasteiger partial charge in [-0.05, 0) is 72.7 Å². The van der Waals surface area contributed by atoms with Crippen LogP contribution in [0.1, 0.15) is 53.4 Å². The van der Waals surface area contributed by atoms with Gasteiger partial charge in [0.05, 0.1) is 23.4 Å². The Morgan fingerprint density at radius 1 is 0.963 bits per heavy atom. The fraction of sp³-hybridized carbons (Fsp3) is 0.268. The topological polar surface area (TPSA) is 118 Å². The number of aryl methyl sites for hydroxylation is 2. The van der Waals surface area contributed by atoms with Crippen LogP contribution in [-0.2, 0) is 46.1 Å². The third kappa shape index (κ3) is 8.44. The molecule has 0 saturated carbocycles. The van der Waals surface area contributed by atoms with Gasteiger partial charge in [0.25, 0.3) is 0 Å². The van der Waals surface area contributed by atoms with Crippen LogP contribution in [0.15, 0.2) is 96.5 Å². The number of hydrogen-bond acceptors (Lipinski definition) is 8. The van der Waals surface area contributed by atoms with Crippen molar-refractivity contribution in [1.29, 1.82) is 0 Å². The largest absolute Gasteiger partial charge is 0.454 e. The van der Waals surface area contributed by atoms with Crippen molar-refractivity contribution in [3.05, 3.63) is 136 Å². The highest BCUT2D eigenvalue weighted by atomic mass is 32.2. The molecular formula is C41H40F2N4O6S. The maximum absolute atomic E-state index is 16.2. The molecule has 2 aromatic heterocycles. The lowest BCUT2D eigenvalue weighted by Gasteiger charge is -2.17. The molecule has 54 heavy (non-hydrogen) atoms. The first-order valence-electron chi connectivity index (χ1n) is 17.7. The van der Waals surface area contributed by atoms with Crippen molar-refractivity contribution in [2.45, 2.75) is 45.1 Å². The van der Waals surface area contributed by atoms with Crippen LogP contribution >= 0.6 is 0 Å². The lowest BCUT2D eigenvalue weighted by atomic mass is 10.0. The molecule has 280 valence electrons. The zero-order valence-corrected chi connectivity index (χ0v) is 30.5. The lowest BCUT2D eigenvalue weighted by molar-refractivity contribution is 0.0667. The van der Waals surface area contributed by atoms with Crippen LogP contribution in [0.4, 0.5) is 8.78 Å². The predicted molar refractivity (Wildman–Crippen MR) is 201 cm³/mol. The van der Waals surface area contributed by atoms with Gasteiger partial charge in [-0.3, -0.25) is 0 Å². The average Bonchev–Trinajstić information content (AvgIpc) is 3.75. The number of benzene rings is 4. The van der Waals surface area contributed by atoms with Crippen LogP contribution in [0.25, 0.3) is 28.4 Å². The standard InChI is InChI=1S/C41H40F2N4O6S/c1-46-41-34-24-31(14-15-35(34)42)53-39-33(32-16-18-47(37(32)25-36(39)43)27-51-26-29-9-3-2-4-10-29)17-22-54(49,50)21-6-5-20-52-38(40(44-41)45-46)30-13-7-11-28(23-30)12-8-19-48/h2-4,7,9-11,13-18,22-25,38,48H,5-6,8,12,19-21,26-27H2,1H3/b22-17-. The second-order valence-electron chi connectivity index (χ2n) is 13.1. The number of nitrogens with zero attached hydrogens (tertiary/aromatic N) is 4. The van der Waals surface area contributed by atoms with Crippen molar-refractivity contribution in [2.24, 2.45) is 7.05 Å². The van der Waals surface area contributed by atoms with E-state index in [2.05, 4.69) is 5.10 Å². The number of ether oxygens (including phenoxy) is 3. The SMILES string of the molecule is Cn1nc2nc1-c1cc(ccc1F)Oc1c(F)cc3c(ccn3COCc3ccccc3)c1/C=C\S(=O)(=O)CCCCOC2c1cccc(CCCO)c1. The molecule has 3 heterocycles. The van der Waals surface area contributed by atoms with Crippen molar-refractivity contribution in [3.8, 4) is 22.9 Å². The molecule has 6 aromatic rings. The molecule has 0 amide bonds. The Morgan fingerprint density at radius 3 is 2.63 bits per heavy atom. The molecule has 4 aromatic carbocycles. The minimum absolute atomic E-state index is 0.0584. The van der Waals surface area contributed by atoms with Gasteiger partial charge in [-0.1, -0.05) is 54.6 Å². The Morgan fingerprint density at radius 2 is 1.80 bits per heavy atom. The van der Waals surface area contributed by atoms with Gasteiger partial charge < -0.3 is 23.9 Å². The van der Waals surface area contributed by atoms with E-state index in [1.807, 2.05) is 54.6 Å². The fourth-order valence-electron chi connectivity index (χ4n) is 6.50. The summed E-state index contributed by atoms with van der Waals surface area (Å²) in [6, 6.07) is 24.4. The molecule has 7 rings (SSSR count). The first kappa shape index (κ1) is 37.1. The van der Waals surface area contributed by atoms with Gasteiger partial charge in [-0.25, -0.2) is 26.9 Å². The summed E-state index contributed by atoms with van der Waals surface area (Å²) in [6.45, 7) is 0.728. The van der Waals surface area contributed by atoms with E-state index in [9.17, 15) is 13.5 Å². The zero-order chi connectivity index (χ0) is 37.7. The Balaban J connectivity index is 1.28.